The zero-order chi connectivity index (χ0) is 14.7. The van der Waals surface area contributed by atoms with Crippen LogP contribution in [0.25, 0.3) is 0 Å². The summed E-state index contributed by atoms with van der Waals surface area (Å²) in [5.74, 6) is 1.20. The molecule has 0 atom stereocenters. The Balaban J connectivity index is 2.28. The van der Waals surface area contributed by atoms with E-state index in [1.54, 1.807) is 20.9 Å². The molecule has 20 heavy (non-hydrogen) atoms. The molecule has 106 valence electrons. The van der Waals surface area contributed by atoms with Crippen molar-refractivity contribution in [3.05, 3.63) is 27.5 Å². The molecule has 0 bridgehead atoms. The monoisotopic (exact) mass is 279 g/mol. The number of nitrogens with zero attached hydrogens (tertiary/aromatic N) is 5. The molecule has 0 radical (unpaired) electrons. The van der Waals surface area contributed by atoms with Gasteiger partial charge in [0.15, 0.2) is 5.82 Å². The summed E-state index contributed by atoms with van der Waals surface area (Å²) in [6.07, 6.45) is 0. The lowest BCUT2D eigenvalue weighted by Gasteiger charge is -2.07. The fraction of sp³-hybridized carbons (Fsp3) is 0.400. The summed E-state index contributed by atoms with van der Waals surface area (Å²) >= 11 is 0. The molecule has 2 heterocycles. The number of hydrogen-bond donors (Lipinski definition) is 2. The summed E-state index contributed by atoms with van der Waals surface area (Å²) in [5, 5.41) is 20.3. The van der Waals surface area contributed by atoms with Crippen molar-refractivity contribution < 1.29 is 9.45 Å². The molecule has 10 heteroatoms. The second-order valence-electron chi connectivity index (χ2n) is 3.93. The van der Waals surface area contributed by atoms with E-state index in [-0.39, 0.29) is 29.7 Å². The number of anilines is 2. The van der Waals surface area contributed by atoms with Gasteiger partial charge in [-0.15, -0.1) is 0 Å². The highest BCUT2D eigenvalue weighted by atomic mass is 16.6. The molecule has 0 aliphatic heterocycles. The van der Waals surface area contributed by atoms with Gasteiger partial charge in [-0.25, -0.2) is 4.98 Å². The second kappa shape index (κ2) is 5.47. The number of rotatable bonds is 5. The van der Waals surface area contributed by atoms with Crippen LogP contribution in [0.5, 0.6) is 0 Å². The van der Waals surface area contributed by atoms with Crippen LogP contribution in [0.2, 0.25) is 0 Å². The maximum atomic E-state index is 11.1. The lowest BCUT2D eigenvalue weighted by Crippen LogP contribution is -2.10. The normalized spacial score (nSPS) is 10.3. The Kier molecular flexibility index (Phi) is 3.73. The Morgan fingerprint density at radius 2 is 2.05 bits per heavy atom. The molecular formula is C10H13N7O3. The van der Waals surface area contributed by atoms with Gasteiger partial charge < -0.3 is 15.2 Å². The summed E-state index contributed by atoms with van der Waals surface area (Å²) in [7, 11) is 1.63. The van der Waals surface area contributed by atoms with Crippen molar-refractivity contribution in [3.8, 4) is 0 Å². The van der Waals surface area contributed by atoms with Crippen LogP contribution in [0.15, 0.2) is 4.52 Å². The smallest absolute Gasteiger partial charge is 0.332 e. The van der Waals surface area contributed by atoms with Crippen LogP contribution >= 0.6 is 0 Å². The molecule has 2 aromatic heterocycles. The van der Waals surface area contributed by atoms with Gasteiger partial charge in [0.25, 0.3) is 0 Å². The molecule has 0 fully saturated rings. The number of aryl methyl sites for hydroxylation is 2. The van der Waals surface area contributed by atoms with Gasteiger partial charge in [0.1, 0.15) is 5.69 Å². The zero-order valence-corrected chi connectivity index (χ0v) is 11.2. The molecule has 0 aliphatic carbocycles. The van der Waals surface area contributed by atoms with E-state index in [1.165, 1.54) is 0 Å². The van der Waals surface area contributed by atoms with Crippen LogP contribution in [-0.2, 0) is 6.54 Å². The standard InChI is InChI=1S/C10H13N7O3/c1-5-8(17(18)19)9(15-10(11-3)13-5)12-4-7-14-6(2)16-20-7/h4H2,1-3H3,(H2,11,12,13,15). The Hall–Kier alpha value is -2.78. The summed E-state index contributed by atoms with van der Waals surface area (Å²) in [5.41, 5.74) is 0.0822. The van der Waals surface area contributed by atoms with Crippen LogP contribution in [0.1, 0.15) is 17.4 Å². The van der Waals surface area contributed by atoms with Crippen molar-refractivity contribution in [1.82, 2.24) is 20.1 Å². The molecule has 2 rings (SSSR count). The second-order valence-corrected chi connectivity index (χ2v) is 3.93. The van der Waals surface area contributed by atoms with Crippen LogP contribution in [-0.4, -0.2) is 32.1 Å². The van der Waals surface area contributed by atoms with Crippen LogP contribution in [0.4, 0.5) is 17.5 Å². The third-order valence-electron chi connectivity index (χ3n) is 2.44. The highest BCUT2D eigenvalue weighted by molar-refractivity contribution is 5.60. The van der Waals surface area contributed by atoms with E-state index < -0.39 is 4.92 Å². The van der Waals surface area contributed by atoms with Crippen molar-refractivity contribution in [2.75, 3.05) is 17.7 Å². The van der Waals surface area contributed by atoms with Crippen LogP contribution in [0.3, 0.4) is 0 Å². The first-order valence-corrected chi connectivity index (χ1v) is 5.75. The molecule has 10 nitrogen and oxygen atoms in total. The summed E-state index contributed by atoms with van der Waals surface area (Å²) < 4.78 is 4.92. The quantitative estimate of drug-likeness (QED) is 0.608. The highest BCUT2D eigenvalue weighted by Gasteiger charge is 2.22. The van der Waals surface area contributed by atoms with Crippen molar-refractivity contribution in [2.45, 2.75) is 20.4 Å². The minimum Gasteiger partial charge on any atom is -0.357 e. The number of hydrogen-bond acceptors (Lipinski definition) is 9. The fourth-order valence-electron chi connectivity index (χ4n) is 1.59. The molecule has 0 spiro atoms. The molecule has 0 amide bonds. The highest BCUT2D eigenvalue weighted by Crippen LogP contribution is 2.26. The minimum atomic E-state index is -0.532. The number of nitro groups is 1. The van der Waals surface area contributed by atoms with E-state index >= 15 is 0 Å². The SMILES string of the molecule is CNc1nc(C)c([N+](=O)[O-])c(NCc2nc(C)no2)n1. The predicted octanol–water partition coefficient (Wildman–Crippen LogP) is 1.04. The van der Waals surface area contributed by atoms with Gasteiger partial charge in [-0.1, -0.05) is 5.16 Å². The molecule has 0 saturated carbocycles. The van der Waals surface area contributed by atoms with E-state index in [2.05, 4.69) is 30.7 Å². The van der Waals surface area contributed by atoms with Gasteiger partial charge in [-0.3, -0.25) is 10.1 Å². The Labute approximate surface area is 113 Å². The average Bonchev–Trinajstić information content (AvgIpc) is 2.81. The summed E-state index contributed by atoms with van der Waals surface area (Å²) in [6, 6.07) is 0. The van der Waals surface area contributed by atoms with Crippen molar-refractivity contribution in [1.29, 1.82) is 0 Å². The average molecular weight is 279 g/mol. The molecule has 0 unspecified atom stereocenters. The first kappa shape index (κ1) is 13.6. The van der Waals surface area contributed by atoms with E-state index in [4.69, 9.17) is 4.52 Å². The molecule has 2 aromatic rings. The number of aromatic nitrogens is 4. The Morgan fingerprint density at radius 1 is 1.30 bits per heavy atom. The molecule has 0 aromatic carbocycles. The van der Waals surface area contributed by atoms with E-state index in [0.29, 0.717) is 11.7 Å². The lowest BCUT2D eigenvalue weighted by molar-refractivity contribution is -0.385. The third kappa shape index (κ3) is 2.79. The van der Waals surface area contributed by atoms with E-state index in [9.17, 15) is 10.1 Å². The summed E-state index contributed by atoms with van der Waals surface area (Å²) in [4.78, 5) is 22.5. The van der Waals surface area contributed by atoms with Crippen molar-refractivity contribution in [2.24, 2.45) is 0 Å². The van der Waals surface area contributed by atoms with Gasteiger partial charge >= 0.3 is 5.69 Å². The van der Waals surface area contributed by atoms with Crippen molar-refractivity contribution in [3.63, 3.8) is 0 Å². The van der Waals surface area contributed by atoms with Crippen LogP contribution < -0.4 is 10.6 Å². The Morgan fingerprint density at radius 3 is 2.60 bits per heavy atom. The molecule has 2 N–H and O–H groups in total. The predicted molar refractivity (Wildman–Crippen MR) is 69.3 cm³/mol. The topological polar surface area (TPSA) is 132 Å². The fourth-order valence-corrected chi connectivity index (χ4v) is 1.59. The lowest BCUT2D eigenvalue weighted by atomic mass is 10.3. The zero-order valence-electron chi connectivity index (χ0n) is 11.2. The van der Waals surface area contributed by atoms with Gasteiger partial charge in [0.05, 0.1) is 11.5 Å². The number of nitrogens with one attached hydrogen (secondary N) is 2. The summed E-state index contributed by atoms with van der Waals surface area (Å²) in [6.45, 7) is 3.37. The molecule has 0 aliphatic rings. The van der Waals surface area contributed by atoms with Crippen LogP contribution in [0, 0.1) is 24.0 Å². The minimum absolute atomic E-state index is 0.0997. The third-order valence-corrected chi connectivity index (χ3v) is 2.44. The van der Waals surface area contributed by atoms with E-state index in [0.717, 1.165) is 0 Å². The van der Waals surface area contributed by atoms with Crippen molar-refractivity contribution >= 4 is 17.5 Å². The molecular weight excluding hydrogens is 266 g/mol. The first-order chi connectivity index (χ1) is 9.51. The van der Waals surface area contributed by atoms with Gasteiger partial charge in [-0.2, -0.15) is 9.97 Å². The molecule has 0 saturated heterocycles. The largest absolute Gasteiger partial charge is 0.357 e. The maximum Gasteiger partial charge on any atom is 0.332 e. The van der Waals surface area contributed by atoms with Gasteiger partial charge in [-0.05, 0) is 13.8 Å². The maximum absolute atomic E-state index is 11.1. The Bertz CT molecular complexity index is 640. The van der Waals surface area contributed by atoms with E-state index in [1.807, 2.05) is 0 Å². The first-order valence-electron chi connectivity index (χ1n) is 5.75. The van der Waals surface area contributed by atoms with Gasteiger partial charge in [0.2, 0.25) is 17.7 Å². The van der Waals surface area contributed by atoms with Gasteiger partial charge in [0, 0.05) is 7.05 Å².